The third-order valence-electron chi connectivity index (χ3n) is 3.20. The summed E-state index contributed by atoms with van der Waals surface area (Å²) in [5.74, 6) is -1.41. The zero-order chi connectivity index (χ0) is 20.8. The van der Waals surface area contributed by atoms with E-state index in [2.05, 4.69) is 15.3 Å². The molecule has 0 aliphatic carbocycles. The molecule has 0 saturated carbocycles. The van der Waals surface area contributed by atoms with Gasteiger partial charge < -0.3 is 26.0 Å². The minimum Gasteiger partial charge on any atom is -0.480 e. The molecule has 1 heterocycles. The summed E-state index contributed by atoms with van der Waals surface area (Å²) in [6.45, 7) is 6.70. The molecule has 5 N–H and O–H groups in total. The number of nitrogens with one attached hydrogen (secondary N) is 1. The molecular weight excluding hydrogens is 372 g/mol. The first-order chi connectivity index (χ1) is 12.4. The van der Waals surface area contributed by atoms with Gasteiger partial charge >= 0.3 is 12.1 Å². The van der Waals surface area contributed by atoms with E-state index >= 15 is 0 Å². The summed E-state index contributed by atoms with van der Waals surface area (Å²) >= 11 is 1.43. The predicted molar refractivity (Wildman–Crippen MR) is 103 cm³/mol. The number of carboxylic acids is 1. The van der Waals surface area contributed by atoms with Gasteiger partial charge in [-0.05, 0) is 46.1 Å². The molecule has 0 fully saturated rings. The zero-order valence-corrected chi connectivity index (χ0v) is 16.8. The number of amidine groups is 1. The van der Waals surface area contributed by atoms with Crippen LogP contribution in [0.15, 0.2) is 22.0 Å². The first-order valence-electron chi connectivity index (χ1n) is 8.20. The number of rotatable bonds is 7. The summed E-state index contributed by atoms with van der Waals surface area (Å²) in [6, 6.07) is 1.96. The SMILES string of the molecule is CSc1ccc(C(N)=NC(C(=O)O)C(C)O)nc1CNC(=O)OC(C)(C)C. The van der Waals surface area contributed by atoms with Gasteiger partial charge in [-0.25, -0.2) is 19.6 Å². The van der Waals surface area contributed by atoms with Crippen LogP contribution in [0.5, 0.6) is 0 Å². The lowest BCUT2D eigenvalue weighted by molar-refractivity contribution is -0.140. The summed E-state index contributed by atoms with van der Waals surface area (Å²) in [5, 5.41) is 21.3. The summed E-state index contributed by atoms with van der Waals surface area (Å²) in [6.07, 6.45) is 0.0715. The average Bonchev–Trinajstić information content (AvgIpc) is 2.55. The van der Waals surface area contributed by atoms with Crippen molar-refractivity contribution in [2.45, 2.75) is 56.9 Å². The van der Waals surface area contributed by atoms with Gasteiger partial charge in [0.15, 0.2) is 6.04 Å². The van der Waals surface area contributed by atoms with Crippen LogP contribution in [0.2, 0.25) is 0 Å². The second kappa shape index (κ2) is 9.56. The molecule has 1 amide bonds. The number of nitrogens with zero attached hydrogens (tertiary/aromatic N) is 2. The van der Waals surface area contributed by atoms with E-state index in [1.54, 1.807) is 32.9 Å². The molecule has 0 aromatic carbocycles. The number of carboxylic acid groups (broad SMARTS) is 1. The van der Waals surface area contributed by atoms with Crippen molar-refractivity contribution >= 4 is 29.7 Å². The van der Waals surface area contributed by atoms with Crippen LogP contribution >= 0.6 is 11.8 Å². The van der Waals surface area contributed by atoms with Gasteiger partial charge in [-0.15, -0.1) is 11.8 Å². The lowest BCUT2D eigenvalue weighted by atomic mass is 10.2. The van der Waals surface area contributed by atoms with E-state index in [0.717, 1.165) is 4.90 Å². The number of carbonyl (C=O) groups is 2. The molecule has 150 valence electrons. The Morgan fingerprint density at radius 1 is 1.41 bits per heavy atom. The summed E-state index contributed by atoms with van der Waals surface area (Å²) in [4.78, 5) is 32.0. The van der Waals surface area contributed by atoms with Crippen LogP contribution in [0.4, 0.5) is 4.79 Å². The van der Waals surface area contributed by atoms with E-state index in [1.807, 2.05) is 6.26 Å². The van der Waals surface area contributed by atoms with E-state index in [0.29, 0.717) is 5.69 Å². The Morgan fingerprint density at radius 3 is 2.52 bits per heavy atom. The minimum absolute atomic E-state index is 0.102. The Morgan fingerprint density at radius 2 is 2.04 bits per heavy atom. The highest BCUT2D eigenvalue weighted by Crippen LogP contribution is 2.19. The van der Waals surface area contributed by atoms with Gasteiger partial charge in [0.05, 0.1) is 18.3 Å². The van der Waals surface area contributed by atoms with E-state index in [-0.39, 0.29) is 18.1 Å². The molecule has 9 nitrogen and oxygen atoms in total. The van der Waals surface area contributed by atoms with E-state index in [1.165, 1.54) is 18.7 Å². The fraction of sp³-hybridized carbons (Fsp3) is 0.529. The lowest BCUT2D eigenvalue weighted by Crippen LogP contribution is -2.33. The molecule has 2 unspecified atom stereocenters. The Kier molecular flexibility index (Phi) is 8.04. The van der Waals surface area contributed by atoms with Crippen molar-refractivity contribution in [2.75, 3.05) is 6.26 Å². The number of aliphatic hydroxyl groups is 1. The molecule has 1 aromatic rings. The van der Waals surface area contributed by atoms with Crippen LogP contribution in [-0.2, 0) is 16.1 Å². The van der Waals surface area contributed by atoms with Crippen LogP contribution in [0.3, 0.4) is 0 Å². The summed E-state index contributed by atoms with van der Waals surface area (Å²) < 4.78 is 5.19. The fourth-order valence-electron chi connectivity index (χ4n) is 2.00. The highest BCUT2D eigenvalue weighted by Gasteiger charge is 2.23. The number of aliphatic carboxylic acids is 1. The van der Waals surface area contributed by atoms with Gasteiger partial charge in [0.25, 0.3) is 0 Å². The Labute approximate surface area is 162 Å². The van der Waals surface area contributed by atoms with Crippen molar-refractivity contribution in [2.24, 2.45) is 10.7 Å². The maximum atomic E-state index is 11.8. The van der Waals surface area contributed by atoms with Crippen molar-refractivity contribution in [3.8, 4) is 0 Å². The van der Waals surface area contributed by atoms with E-state index in [9.17, 15) is 14.7 Å². The molecule has 1 aromatic heterocycles. The first-order valence-corrected chi connectivity index (χ1v) is 9.42. The molecular formula is C17H26N4O5S. The van der Waals surface area contributed by atoms with E-state index < -0.39 is 29.8 Å². The molecule has 0 aliphatic rings. The smallest absolute Gasteiger partial charge is 0.407 e. The number of ether oxygens (including phenoxy) is 1. The van der Waals surface area contributed by atoms with E-state index in [4.69, 9.17) is 15.6 Å². The predicted octanol–water partition coefficient (Wildman–Crippen LogP) is 1.37. The number of hydrogen-bond donors (Lipinski definition) is 4. The second-order valence-corrected chi connectivity index (χ2v) is 7.59. The lowest BCUT2D eigenvalue weighted by Gasteiger charge is -2.20. The third-order valence-corrected chi connectivity index (χ3v) is 4.01. The molecule has 0 spiro atoms. The van der Waals surface area contributed by atoms with Crippen molar-refractivity contribution < 1.29 is 24.5 Å². The highest BCUT2D eigenvalue weighted by molar-refractivity contribution is 7.98. The van der Waals surface area contributed by atoms with Crippen molar-refractivity contribution in [3.05, 3.63) is 23.5 Å². The van der Waals surface area contributed by atoms with Gasteiger partial charge in [0.1, 0.15) is 17.1 Å². The summed E-state index contributed by atoms with van der Waals surface area (Å²) in [7, 11) is 0. The monoisotopic (exact) mass is 398 g/mol. The molecule has 1 rings (SSSR count). The number of aromatic nitrogens is 1. The number of alkyl carbamates (subject to hydrolysis) is 1. The number of thioether (sulfide) groups is 1. The Hall–Kier alpha value is -2.33. The molecule has 0 saturated heterocycles. The highest BCUT2D eigenvalue weighted by atomic mass is 32.2. The Bertz CT molecular complexity index is 716. The third kappa shape index (κ3) is 7.43. The van der Waals surface area contributed by atoms with Crippen molar-refractivity contribution in [3.63, 3.8) is 0 Å². The van der Waals surface area contributed by atoms with Crippen molar-refractivity contribution in [1.29, 1.82) is 0 Å². The van der Waals surface area contributed by atoms with Crippen LogP contribution < -0.4 is 11.1 Å². The zero-order valence-electron chi connectivity index (χ0n) is 16.0. The number of pyridine rings is 1. The van der Waals surface area contributed by atoms with Gasteiger partial charge in [-0.3, -0.25) is 0 Å². The summed E-state index contributed by atoms with van der Waals surface area (Å²) in [5.41, 5.74) is 6.03. The molecule has 0 aliphatic heterocycles. The second-order valence-electron chi connectivity index (χ2n) is 6.74. The van der Waals surface area contributed by atoms with Gasteiger partial charge in [0.2, 0.25) is 0 Å². The molecule has 2 atom stereocenters. The average molecular weight is 398 g/mol. The number of aliphatic hydroxyl groups excluding tert-OH is 1. The Balaban J connectivity index is 3.04. The quantitative estimate of drug-likeness (QED) is 0.306. The molecule has 27 heavy (non-hydrogen) atoms. The number of hydrogen-bond acceptors (Lipinski definition) is 7. The standard InChI is InChI=1S/C17H26N4O5S/c1-9(22)13(15(23)24)21-14(18)10-6-7-12(27-5)11(20-10)8-19-16(25)26-17(2,3)4/h6-7,9,13,22H,8H2,1-5H3,(H2,18,21)(H,19,25)(H,23,24). The van der Waals surface area contributed by atoms with Crippen LogP contribution in [0.1, 0.15) is 39.1 Å². The minimum atomic E-state index is -1.39. The normalized spacial score (nSPS) is 14.4. The van der Waals surface area contributed by atoms with Gasteiger partial charge in [-0.1, -0.05) is 0 Å². The van der Waals surface area contributed by atoms with Crippen LogP contribution in [0, 0.1) is 0 Å². The topological polar surface area (TPSA) is 147 Å². The number of carbonyl (C=O) groups excluding carboxylic acids is 1. The van der Waals surface area contributed by atoms with Crippen LogP contribution in [0.25, 0.3) is 0 Å². The molecule has 0 radical (unpaired) electrons. The first kappa shape index (κ1) is 22.7. The number of amides is 1. The van der Waals surface area contributed by atoms with Crippen LogP contribution in [-0.4, -0.2) is 57.1 Å². The molecule has 10 heteroatoms. The van der Waals surface area contributed by atoms with Gasteiger partial charge in [-0.2, -0.15) is 0 Å². The number of aliphatic imine (C=N–C) groups is 1. The fourth-order valence-corrected chi connectivity index (χ4v) is 2.56. The van der Waals surface area contributed by atoms with Gasteiger partial charge in [0, 0.05) is 4.90 Å². The van der Waals surface area contributed by atoms with Crippen molar-refractivity contribution in [1.82, 2.24) is 10.3 Å². The maximum Gasteiger partial charge on any atom is 0.407 e. The molecule has 0 bridgehead atoms. The largest absolute Gasteiger partial charge is 0.480 e. The maximum absolute atomic E-state index is 11.8. The number of nitrogens with two attached hydrogens (primary N) is 1.